The molecule has 1 aromatic carbocycles. The monoisotopic (exact) mass is 318 g/mol. The number of oxazole rings is 1. The van der Waals surface area contributed by atoms with Gasteiger partial charge in [0.15, 0.2) is 11.5 Å². The fourth-order valence-electron chi connectivity index (χ4n) is 1.40. The van der Waals surface area contributed by atoms with Gasteiger partial charge in [0.05, 0.1) is 5.69 Å². The first-order valence-electron chi connectivity index (χ1n) is 5.00. The van der Waals surface area contributed by atoms with Gasteiger partial charge in [-0.05, 0) is 18.2 Å². The van der Waals surface area contributed by atoms with Gasteiger partial charge in [0.2, 0.25) is 10.0 Å². The summed E-state index contributed by atoms with van der Waals surface area (Å²) in [4.78, 5) is 4.23. The number of alkyl halides is 1. The first-order valence-corrected chi connectivity index (χ1v) is 7.77. The number of hydrogen-bond donors (Lipinski definition) is 1. The van der Waals surface area contributed by atoms with E-state index in [-0.39, 0.29) is 4.66 Å². The van der Waals surface area contributed by atoms with E-state index >= 15 is 0 Å². The molecule has 0 fully saturated rings. The van der Waals surface area contributed by atoms with E-state index in [0.29, 0.717) is 29.1 Å². The van der Waals surface area contributed by atoms with Crippen molar-refractivity contribution in [3.05, 3.63) is 24.1 Å². The minimum Gasteiger partial charge on any atom is -0.441 e. The van der Waals surface area contributed by atoms with Gasteiger partial charge >= 0.3 is 0 Å². The van der Waals surface area contributed by atoms with E-state index in [1.165, 1.54) is 0 Å². The Balaban J connectivity index is 2.37. The van der Waals surface area contributed by atoms with E-state index < -0.39 is 10.0 Å². The number of aromatic nitrogens is 1. The van der Waals surface area contributed by atoms with Gasteiger partial charge in [-0.1, -0.05) is 22.9 Å². The van der Waals surface area contributed by atoms with Crippen molar-refractivity contribution in [1.29, 1.82) is 0 Å². The number of fused-ring (bicyclic) bond motifs is 1. The quantitative estimate of drug-likeness (QED) is 0.879. The fourth-order valence-corrected chi connectivity index (χ4v) is 2.28. The summed E-state index contributed by atoms with van der Waals surface area (Å²) in [5.41, 5.74) is 1.79. The summed E-state index contributed by atoms with van der Waals surface area (Å²) in [7, 11) is -3.33. The third-order valence-corrected chi connectivity index (χ3v) is 4.79. The second-order valence-electron chi connectivity index (χ2n) is 3.47. The summed E-state index contributed by atoms with van der Waals surface area (Å²) < 4.78 is 30.4. The zero-order chi connectivity index (χ0) is 12.5. The predicted octanol–water partition coefficient (Wildman–Crippen LogP) is 2.48. The summed E-state index contributed by atoms with van der Waals surface area (Å²) >= 11 is 2.91. The van der Waals surface area contributed by atoms with Crippen LogP contribution in [0.3, 0.4) is 0 Å². The van der Waals surface area contributed by atoms with E-state index in [1.54, 1.807) is 18.2 Å². The van der Waals surface area contributed by atoms with Crippen LogP contribution >= 0.6 is 15.9 Å². The molecule has 7 heteroatoms. The van der Waals surface area contributed by atoms with Crippen molar-refractivity contribution in [2.45, 2.75) is 13.3 Å². The van der Waals surface area contributed by atoms with Gasteiger partial charge in [-0.3, -0.25) is 4.72 Å². The minimum absolute atomic E-state index is 0.142. The van der Waals surface area contributed by atoms with Gasteiger partial charge in [-0.2, -0.15) is 0 Å². The normalized spacial score (nSPS) is 11.9. The number of rotatable bonds is 4. The first-order chi connectivity index (χ1) is 8.04. The second-order valence-corrected chi connectivity index (χ2v) is 6.49. The predicted molar refractivity (Wildman–Crippen MR) is 69.7 cm³/mol. The Labute approximate surface area is 107 Å². The van der Waals surface area contributed by atoms with Gasteiger partial charge in [-0.25, -0.2) is 13.4 Å². The van der Waals surface area contributed by atoms with Gasteiger partial charge in [0, 0.05) is 6.42 Å². The maximum absolute atomic E-state index is 11.4. The molecule has 17 heavy (non-hydrogen) atoms. The number of halogens is 1. The van der Waals surface area contributed by atoms with Crippen molar-refractivity contribution >= 4 is 42.7 Å². The molecule has 2 aromatic rings. The first kappa shape index (κ1) is 12.4. The summed E-state index contributed by atoms with van der Waals surface area (Å²) in [5, 5.41) is 0. The van der Waals surface area contributed by atoms with Crippen molar-refractivity contribution in [3.63, 3.8) is 0 Å². The fraction of sp³-hybridized carbons (Fsp3) is 0.300. The smallest absolute Gasteiger partial charge is 0.242 e. The van der Waals surface area contributed by atoms with E-state index in [1.807, 2.05) is 6.92 Å². The SMILES string of the molecule is CCc1nc2cc(NS(=O)(=O)CBr)ccc2o1. The zero-order valence-corrected chi connectivity index (χ0v) is 11.5. The summed E-state index contributed by atoms with van der Waals surface area (Å²) in [6.45, 7) is 1.94. The number of benzene rings is 1. The summed E-state index contributed by atoms with van der Waals surface area (Å²) in [6, 6.07) is 5.00. The summed E-state index contributed by atoms with van der Waals surface area (Å²) in [5.74, 6) is 0.639. The van der Waals surface area contributed by atoms with E-state index in [4.69, 9.17) is 4.42 Å². The molecule has 0 amide bonds. The molecule has 1 heterocycles. The molecule has 2 rings (SSSR count). The highest BCUT2D eigenvalue weighted by atomic mass is 79.9. The van der Waals surface area contributed by atoms with Crippen molar-refractivity contribution in [2.75, 3.05) is 9.38 Å². The lowest BCUT2D eigenvalue weighted by Gasteiger charge is -2.03. The van der Waals surface area contributed by atoms with Crippen molar-refractivity contribution in [2.24, 2.45) is 0 Å². The lowest BCUT2D eigenvalue weighted by atomic mass is 10.3. The molecule has 0 atom stereocenters. The van der Waals surface area contributed by atoms with Crippen LogP contribution in [-0.2, 0) is 16.4 Å². The molecule has 92 valence electrons. The van der Waals surface area contributed by atoms with E-state index in [2.05, 4.69) is 25.6 Å². The maximum atomic E-state index is 11.4. The molecule has 0 spiro atoms. The molecule has 0 unspecified atom stereocenters. The highest BCUT2D eigenvalue weighted by Crippen LogP contribution is 2.21. The third-order valence-electron chi connectivity index (χ3n) is 2.15. The van der Waals surface area contributed by atoms with Crippen molar-refractivity contribution < 1.29 is 12.8 Å². The lowest BCUT2D eigenvalue weighted by Crippen LogP contribution is -2.12. The average Bonchev–Trinajstić information content (AvgIpc) is 2.70. The number of hydrogen-bond acceptors (Lipinski definition) is 4. The second kappa shape index (κ2) is 4.66. The van der Waals surface area contributed by atoms with Crippen LogP contribution in [0.4, 0.5) is 5.69 Å². The van der Waals surface area contributed by atoms with E-state index in [0.717, 1.165) is 0 Å². The highest BCUT2D eigenvalue weighted by Gasteiger charge is 2.10. The Morgan fingerprint density at radius 2 is 2.24 bits per heavy atom. The van der Waals surface area contributed by atoms with Crippen LogP contribution in [0.25, 0.3) is 11.1 Å². The van der Waals surface area contributed by atoms with Crippen LogP contribution in [0.5, 0.6) is 0 Å². The maximum Gasteiger partial charge on any atom is 0.242 e. The topological polar surface area (TPSA) is 72.2 Å². The van der Waals surface area contributed by atoms with Crippen LogP contribution < -0.4 is 4.72 Å². The molecule has 0 bridgehead atoms. The molecule has 0 radical (unpaired) electrons. The number of nitrogens with zero attached hydrogens (tertiary/aromatic N) is 1. The number of aryl methyl sites for hydroxylation is 1. The molecule has 0 saturated heterocycles. The molecular weight excluding hydrogens is 308 g/mol. The molecule has 1 aromatic heterocycles. The summed E-state index contributed by atoms with van der Waals surface area (Å²) in [6.07, 6.45) is 0.705. The molecule has 0 aliphatic rings. The Morgan fingerprint density at radius 1 is 1.47 bits per heavy atom. The van der Waals surface area contributed by atoms with Gasteiger partial charge in [0.1, 0.15) is 10.2 Å². The Bertz CT molecular complexity index is 636. The van der Waals surface area contributed by atoms with Crippen LogP contribution in [0.15, 0.2) is 22.6 Å². The lowest BCUT2D eigenvalue weighted by molar-refractivity contribution is 0.538. The Kier molecular flexibility index (Phi) is 3.39. The molecule has 0 aliphatic heterocycles. The zero-order valence-electron chi connectivity index (χ0n) is 9.10. The van der Waals surface area contributed by atoms with Crippen LogP contribution in [0.2, 0.25) is 0 Å². The van der Waals surface area contributed by atoms with Gasteiger partial charge in [0.25, 0.3) is 0 Å². The Hall–Kier alpha value is -1.08. The third kappa shape index (κ3) is 2.78. The van der Waals surface area contributed by atoms with Gasteiger partial charge < -0.3 is 4.42 Å². The highest BCUT2D eigenvalue weighted by molar-refractivity contribution is 9.10. The number of anilines is 1. The van der Waals surface area contributed by atoms with Crippen LogP contribution in [0.1, 0.15) is 12.8 Å². The van der Waals surface area contributed by atoms with Crippen molar-refractivity contribution in [3.8, 4) is 0 Å². The van der Waals surface area contributed by atoms with Crippen molar-refractivity contribution in [1.82, 2.24) is 4.98 Å². The number of sulfonamides is 1. The molecule has 0 saturated carbocycles. The van der Waals surface area contributed by atoms with Crippen LogP contribution in [-0.4, -0.2) is 18.1 Å². The standard InChI is InChI=1S/C10H11BrN2O3S/c1-2-10-12-8-5-7(3-4-9(8)16-10)13-17(14,15)6-11/h3-5,13H,2,6H2,1H3. The van der Waals surface area contributed by atoms with Gasteiger partial charge in [-0.15, -0.1) is 0 Å². The molecule has 5 nitrogen and oxygen atoms in total. The molecule has 0 aliphatic carbocycles. The average molecular weight is 319 g/mol. The molecular formula is C10H11BrN2O3S. The minimum atomic E-state index is -3.33. The van der Waals surface area contributed by atoms with Crippen LogP contribution in [0, 0.1) is 0 Å². The number of nitrogens with one attached hydrogen (secondary N) is 1. The van der Waals surface area contributed by atoms with E-state index in [9.17, 15) is 8.42 Å². The Morgan fingerprint density at radius 3 is 2.88 bits per heavy atom. The molecule has 1 N–H and O–H groups in total. The largest absolute Gasteiger partial charge is 0.441 e.